The number of carbonyl (C=O) groups is 1. The quantitative estimate of drug-likeness (QED) is 0.587. The summed E-state index contributed by atoms with van der Waals surface area (Å²) in [5, 5.41) is 2.59. The highest BCUT2D eigenvalue weighted by Crippen LogP contribution is 2.15. The van der Waals surface area contributed by atoms with E-state index in [1.54, 1.807) is 0 Å². The summed E-state index contributed by atoms with van der Waals surface area (Å²) in [7, 11) is 0. The van der Waals surface area contributed by atoms with Gasteiger partial charge < -0.3 is 10.5 Å². The highest BCUT2D eigenvalue weighted by molar-refractivity contribution is 7.80. The first kappa shape index (κ1) is 15.9. The topological polar surface area (TPSA) is 64.3 Å². The highest BCUT2D eigenvalue weighted by Gasteiger charge is 2.16. The van der Waals surface area contributed by atoms with Crippen molar-refractivity contribution < 1.29 is 9.53 Å². The first-order valence-electron chi connectivity index (χ1n) is 6.29. The summed E-state index contributed by atoms with van der Waals surface area (Å²) in [5.74, 6) is 0. The van der Waals surface area contributed by atoms with E-state index in [-0.39, 0.29) is 5.37 Å². The fourth-order valence-corrected chi connectivity index (χ4v) is 1.67. The molecule has 0 heterocycles. The van der Waals surface area contributed by atoms with Crippen molar-refractivity contribution in [3.63, 3.8) is 0 Å². The number of nitrogens with one attached hydrogen (secondary N) is 1. The van der Waals surface area contributed by atoms with Crippen LogP contribution in [-0.2, 0) is 11.2 Å². The molecule has 0 fully saturated rings. The van der Waals surface area contributed by atoms with Crippen molar-refractivity contribution in [3.8, 4) is 0 Å². The molecular weight excluding hydrogens is 260 g/mol. The van der Waals surface area contributed by atoms with Crippen molar-refractivity contribution in [1.82, 2.24) is 0 Å². The predicted octanol–water partition coefficient (Wildman–Crippen LogP) is 3.18. The molecule has 0 radical (unpaired) electrons. The largest absolute Gasteiger partial charge is 0.444 e. The van der Waals surface area contributed by atoms with E-state index in [1.165, 1.54) is 0 Å². The Morgan fingerprint density at radius 3 is 2.74 bits per heavy atom. The average Bonchev–Trinajstić information content (AvgIpc) is 2.24. The number of rotatable bonds is 4. The molecule has 1 aromatic rings. The Balaban J connectivity index is 2.59. The Morgan fingerprint density at radius 1 is 1.47 bits per heavy atom. The molecule has 0 aromatic heterocycles. The zero-order valence-corrected chi connectivity index (χ0v) is 12.5. The van der Waals surface area contributed by atoms with Crippen LogP contribution in [0.25, 0.3) is 0 Å². The molecule has 3 N–H and O–H groups in total. The molecule has 1 rings (SSSR count). The van der Waals surface area contributed by atoms with Crippen molar-refractivity contribution in [2.45, 2.75) is 44.6 Å². The van der Waals surface area contributed by atoms with Gasteiger partial charge in [0.05, 0.1) is 0 Å². The molecule has 1 aromatic carbocycles. The zero-order chi connectivity index (χ0) is 14.5. The van der Waals surface area contributed by atoms with E-state index in [1.807, 2.05) is 45.0 Å². The maximum Gasteiger partial charge on any atom is 0.412 e. The second kappa shape index (κ2) is 6.82. The maximum atomic E-state index is 11.6. The molecule has 0 saturated heterocycles. The molecule has 0 bridgehead atoms. The minimum atomic E-state index is -0.500. The minimum absolute atomic E-state index is 0.123. The summed E-state index contributed by atoms with van der Waals surface area (Å²) in [6, 6.07) is 7.64. The van der Waals surface area contributed by atoms with Crippen LogP contribution in [0.3, 0.4) is 0 Å². The molecule has 0 saturated carbocycles. The lowest BCUT2D eigenvalue weighted by atomic mass is 10.1. The normalized spacial score (nSPS) is 12.9. The number of aryl methyl sites for hydroxylation is 1. The van der Waals surface area contributed by atoms with Gasteiger partial charge in [0.2, 0.25) is 0 Å². The van der Waals surface area contributed by atoms with Gasteiger partial charge in [-0.15, -0.1) is 0 Å². The Morgan fingerprint density at radius 2 is 2.16 bits per heavy atom. The third-order valence-electron chi connectivity index (χ3n) is 2.30. The van der Waals surface area contributed by atoms with E-state index in [0.29, 0.717) is 0 Å². The van der Waals surface area contributed by atoms with E-state index in [4.69, 9.17) is 10.5 Å². The molecule has 5 heteroatoms. The Bertz CT molecular complexity index is 428. The summed E-state index contributed by atoms with van der Waals surface area (Å²) in [5.41, 5.74) is 6.93. The van der Waals surface area contributed by atoms with Crippen LogP contribution < -0.4 is 11.1 Å². The molecule has 106 valence electrons. The molecule has 0 spiro atoms. The number of ether oxygens (including phenoxy) is 1. The van der Waals surface area contributed by atoms with Gasteiger partial charge >= 0.3 is 6.09 Å². The number of hydrogen-bond acceptors (Lipinski definition) is 4. The molecule has 0 aliphatic heterocycles. The fraction of sp³-hybridized carbons (Fsp3) is 0.500. The van der Waals surface area contributed by atoms with Gasteiger partial charge in [0.25, 0.3) is 0 Å². The number of nitrogens with two attached hydrogens (primary N) is 1. The van der Waals surface area contributed by atoms with E-state index >= 15 is 0 Å². The molecular formula is C14H22N2O2S. The van der Waals surface area contributed by atoms with E-state index < -0.39 is 11.7 Å². The first-order chi connectivity index (χ1) is 8.76. The maximum absolute atomic E-state index is 11.6. The molecule has 0 aliphatic carbocycles. The van der Waals surface area contributed by atoms with Crippen molar-refractivity contribution in [2.75, 3.05) is 5.32 Å². The lowest BCUT2D eigenvalue weighted by molar-refractivity contribution is 0.0636. The lowest BCUT2D eigenvalue weighted by Gasteiger charge is -2.19. The Hall–Kier alpha value is -1.20. The molecule has 19 heavy (non-hydrogen) atoms. The van der Waals surface area contributed by atoms with Gasteiger partial charge in [-0.3, -0.25) is 5.32 Å². The smallest absolute Gasteiger partial charge is 0.412 e. The van der Waals surface area contributed by atoms with Crippen LogP contribution in [0.1, 0.15) is 32.8 Å². The molecule has 1 unspecified atom stereocenters. The van der Waals surface area contributed by atoms with E-state index in [9.17, 15) is 4.79 Å². The monoisotopic (exact) mass is 282 g/mol. The Kier molecular flexibility index (Phi) is 5.69. The summed E-state index contributed by atoms with van der Waals surface area (Å²) in [6.45, 7) is 5.49. The molecule has 4 nitrogen and oxygen atoms in total. The number of anilines is 1. The number of carbonyl (C=O) groups excluding carboxylic acids is 1. The third-order valence-corrected chi connectivity index (χ3v) is 2.56. The minimum Gasteiger partial charge on any atom is -0.444 e. The van der Waals surface area contributed by atoms with Crippen molar-refractivity contribution >= 4 is 24.4 Å². The van der Waals surface area contributed by atoms with Crippen LogP contribution in [-0.4, -0.2) is 17.1 Å². The van der Waals surface area contributed by atoms with Crippen molar-refractivity contribution in [3.05, 3.63) is 29.8 Å². The predicted molar refractivity (Wildman–Crippen MR) is 81.6 cm³/mol. The van der Waals surface area contributed by atoms with Crippen LogP contribution >= 0.6 is 12.6 Å². The summed E-state index contributed by atoms with van der Waals surface area (Å²) in [4.78, 5) is 11.6. The summed E-state index contributed by atoms with van der Waals surface area (Å²) >= 11 is 4.14. The second-order valence-corrected chi connectivity index (χ2v) is 6.10. The van der Waals surface area contributed by atoms with Gasteiger partial charge in [0.1, 0.15) is 5.60 Å². The van der Waals surface area contributed by atoms with Crippen LogP contribution in [0.5, 0.6) is 0 Å². The van der Waals surface area contributed by atoms with Gasteiger partial charge in [-0.1, -0.05) is 12.1 Å². The summed E-state index contributed by atoms with van der Waals surface area (Å²) in [6.07, 6.45) is 1.17. The fourth-order valence-electron chi connectivity index (χ4n) is 1.54. The first-order valence-corrected chi connectivity index (χ1v) is 6.80. The second-order valence-electron chi connectivity index (χ2n) is 5.43. The van der Waals surface area contributed by atoms with Gasteiger partial charge in [-0.05, 0) is 51.3 Å². The standard InChI is InChI=1S/C14H22N2O2S/c1-14(2,3)18-13(17)16-11-6-4-5-10(9-11)7-8-12(15)19/h4-6,9,12,19H,7-8,15H2,1-3H3,(H,16,17). The van der Waals surface area contributed by atoms with Gasteiger partial charge in [-0.2, -0.15) is 12.6 Å². The van der Waals surface area contributed by atoms with Crippen molar-refractivity contribution in [1.29, 1.82) is 0 Å². The Labute approximate surface area is 120 Å². The average molecular weight is 282 g/mol. The van der Waals surface area contributed by atoms with Crippen LogP contribution in [0.2, 0.25) is 0 Å². The van der Waals surface area contributed by atoms with Crippen LogP contribution in [0, 0.1) is 0 Å². The molecule has 0 aliphatic rings. The molecule has 1 atom stereocenters. The molecule has 1 amide bonds. The van der Waals surface area contributed by atoms with Crippen molar-refractivity contribution in [2.24, 2.45) is 5.73 Å². The van der Waals surface area contributed by atoms with Crippen LogP contribution in [0.15, 0.2) is 24.3 Å². The number of thiol groups is 1. The van der Waals surface area contributed by atoms with Crippen LogP contribution in [0.4, 0.5) is 10.5 Å². The SMILES string of the molecule is CC(C)(C)OC(=O)Nc1cccc(CCC(N)S)c1. The number of hydrogen-bond donors (Lipinski definition) is 3. The van der Waals surface area contributed by atoms with Gasteiger partial charge in [0.15, 0.2) is 0 Å². The number of amides is 1. The number of benzene rings is 1. The van der Waals surface area contributed by atoms with E-state index in [0.717, 1.165) is 24.1 Å². The third kappa shape index (κ3) is 7.08. The van der Waals surface area contributed by atoms with E-state index in [2.05, 4.69) is 17.9 Å². The van der Waals surface area contributed by atoms with Gasteiger partial charge in [-0.25, -0.2) is 4.79 Å². The highest BCUT2D eigenvalue weighted by atomic mass is 32.1. The lowest BCUT2D eigenvalue weighted by Crippen LogP contribution is -2.27. The summed E-state index contributed by atoms with van der Waals surface area (Å²) < 4.78 is 5.20. The van der Waals surface area contributed by atoms with Gasteiger partial charge in [0, 0.05) is 11.1 Å². The zero-order valence-electron chi connectivity index (χ0n) is 11.6.